The predicted molar refractivity (Wildman–Crippen MR) is 137 cm³/mol. The van der Waals surface area contributed by atoms with Crippen LogP contribution in [0, 0.1) is 28.1 Å². The molecule has 10 nitrogen and oxygen atoms in total. The Morgan fingerprint density at radius 3 is 2.41 bits per heavy atom. The molecule has 0 spiro atoms. The van der Waals surface area contributed by atoms with E-state index in [9.17, 15) is 31.7 Å². The maximum absolute atomic E-state index is 13.6. The van der Waals surface area contributed by atoms with Gasteiger partial charge in [-0.3, -0.25) is 9.59 Å². The number of amides is 1. The van der Waals surface area contributed by atoms with Crippen molar-refractivity contribution < 1.29 is 26.4 Å². The predicted octanol–water partition coefficient (Wildman–Crippen LogP) is 0.888. The summed E-state index contributed by atoms with van der Waals surface area (Å²) in [5.74, 6) is -0.697. The van der Waals surface area contributed by atoms with Gasteiger partial charge in [0.15, 0.2) is 0 Å². The lowest BCUT2D eigenvalue weighted by molar-refractivity contribution is -0.134. The maximum Gasteiger partial charge on any atom is 0.241 e. The van der Waals surface area contributed by atoms with Crippen LogP contribution in [0.2, 0.25) is 0 Å². The van der Waals surface area contributed by atoms with Crippen LogP contribution in [-0.2, 0) is 36.1 Å². The third-order valence-corrected chi connectivity index (χ3v) is 11.5. The SMILES string of the molecule is CC1(C)[C@@H]2CC[C@@]1(CS(=O)(=O)NC(Cc1cccc(C#N)c1)C(=O)N1CCN(S(C)(=O)=O)CC1)C(=O)C2. The van der Waals surface area contributed by atoms with E-state index in [2.05, 4.69) is 4.72 Å². The number of ketones is 1. The van der Waals surface area contributed by atoms with E-state index in [1.54, 1.807) is 24.3 Å². The van der Waals surface area contributed by atoms with Crippen molar-refractivity contribution in [2.45, 2.75) is 45.6 Å². The monoisotopic (exact) mass is 550 g/mol. The zero-order chi connectivity index (χ0) is 27.2. The van der Waals surface area contributed by atoms with Crippen LogP contribution in [0.5, 0.6) is 0 Å². The molecular formula is C25H34N4O6S2. The Morgan fingerprint density at radius 2 is 1.86 bits per heavy atom. The fraction of sp³-hybridized carbons (Fsp3) is 0.640. The molecular weight excluding hydrogens is 516 g/mol. The zero-order valence-electron chi connectivity index (χ0n) is 21.4. The topological polar surface area (TPSA) is 145 Å². The fourth-order valence-corrected chi connectivity index (χ4v) is 9.19. The number of carbonyl (C=O) groups excluding carboxylic acids is 2. The molecule has 1 heterocycles. The second kappa shape index (κ2) is 9.76. The highest BCUT2D eigenvalue weighted by molar-refractivity contribution is 7.89. The molecule has 3 aliphatic rings. The van der Waals surface area contributed by atoms with Gasteiger partial charge in [0.05, 0.1) is 23.6 Å². The molecule has 0 radical (unpaired) electrons. The minimum absolute atomic E-state index is 0.0207. The number of nitrogens with one attached hydrogen (secondary N) is 1. The van der Waals surface area contributed by atoms with E-state index in [1.165, 1.54) is 9.21 Å². The fourth-order valence-electron chi connectivity index (χ4n) is 6.33. The van der Waals surface area contributed by atoms with Gasteiger partial charge in [0.25, 0.3) is 0 Å². The van der Waals surface area contributed by atoms with E-state index in [-0.39, 0.29) is 50.1 Å². The number of rotatable bonds is 8. The van der Waals surface area contributed by atoms with Crippen LogP contribution in [-0.4, -0.2) is 82.0 Å². The number of fused-ring (bicyclic) bond motifs is 2. The van der Waals surface area contributed by atoms with Gasteiger partial charge in [0.1, 0.15) is 11.8 Å². The number of benzene rings is 1. The average Bonchev–Trinajstić information content (AvgIpc) is 3.17. The van der Waals surface area contributed by atoms with Crippen LogP contribution in [0.4, 0.5) is 0 Å². The number of nitriles is 1. The van der Waals surface area contributed by atoms with Crippen LogP contribution in [0.1, 0.15) is 44.2 Å². The lowest BCUT2D eigenvalue weighted by Crippen LogP contribution is -2.57. The lowest BCUT2D eigenvalue weighted by Gasteiger charge is -2.37. The largest absolute Gasteiger partial charge is 0.339 e. The minimum atomic E-state index is -4.06. The number of hydrogen-bond acceptors (Lipinski definition) is 7. The summed E-state index contributed by atoms with van der Waals surface area (Å²) in [6, 6.07) is 7.52. The lowest BCUT2D eigenvalue weighted by atomic mass is 9.70. The first-order valence-corrected chi connectivity index (χ1v) is 15.9. The van der Waals surface area contributed by atoms with E-state index in [0.29, 0.717) is 24.0 Å². The standard InChI is InChI=1S/C25H34N4O6S2/c1-24(2)20-7-8-25(24,22(30)15-20)17-37(34,35)27-21(14-18-5-4-6-19(13-18)16-26)23(31)28-9-11-29(12-10-28)36(3,32)33/h4-6,13,20-21,27H,7-12,14-15,17H2,1-3H3/t20-,21?,25-/m1/s1. The summed E-state index contributed by atoms with van der Waals surface area (Å²) >= 11 is 0. The average molecular weight is 551 g/mol. The van der Waals surface area contributed by atoms with Crippen LogP contribution in [0.3, 0.4) is 0 Å². The third kappa shape index (κ3) is 5.32. The van der Waals surface area contributed by atoms with Crippen molar-refractivity contribution in [1.29, 1.82) is 5.26 Å². The molecule has 3 atom stereocenters. The number of nitrogens with zero attached hydrogens (tertiary/aromatic N) is 3. The van der Waals surface area contributed by atoms with Crippen molar-refractivity contribution in [3.63, 3.8) is 0 Å². The Kier molecular flexibility index (Phi) is 7.31. The summed E-state index contributed by atoms with van der Waals surface area (Å²) in [5.41, 5.74) is -0.408. The van der Waals surface area contributed by atoms with Gasteiger partial charge < -0.3 is 4.90 Å². The van der Waals surface area contributed by atoms with E-state index in [1.807, 2.05) is 19.9 Å². The Morgan fingerprint density at radius 1 is 1.19 bits per heavy atom. The highest BCUT2D eigenvalue weighted by Gasteiger charge is 2.65. The number of Topliss-reactive ketones (excluding diaryl/α,β-unsaturated/α-hetero) is 1. The molecule has 1 aliphatic heterocycles. The third-order valence-electron chi connectivity index (χ3n) is 8.71. The highest BCUT2D eigenvalue weighted by Crippen LogP contribution is 2.64. The van der Waals surface area contributed by atoms with Crippen molar-refractivity contribution in [3.8, 4) is 6.07 Å². The van der Waals surface area contributed by atoms with E-state index in [4.69, 9.17) is 0 Å². The van der Waals surface area contributed by atoms with Crippen molar-refractivity contribution in [2.24, 2.45) is 16.7 Å². The smallest absolute Gasteiger partial charge is 0.241 e. The molecule has 1 amide bonds. The molecule has 1 aromatic carbocycles. The van der Waals surface area contributed by atoms with Gasteiger partial charge in [-0.15, -0.1) is 0 Å². The number of sulfonamides is 2. The summed E-state index contributed by atoms with van der Waals surface area (Å²) in [6.45, 7) is 4.45. The van der Waals surface area contributed by atoms with Gasteiger partial charge in [0, 0.05) is 38.0 Å². The first-order chi connectivity index (χ1) is 17.2. The molecule has 2 bridgehead atoms. The Balaban J connectivity index is 1.57. The molecule has 1 saturated heterocycles. The molecule has 1 unspecified atom stereocenters. The van der Waals surface area contributed by atoms with Crippen molar-refractivity contribution in [3.05, 3.63) is 35.4 Å². The van der Waals surface area contributed by atoms with Gasteiger partial charge >= 0.3 is 0 Å². The molecule has 12 heteroatoms. The maximum atomic E-state index is 13.6. The summed E-state index contributed by atoms with van der Waals surface area (Å²) in [5, 5.41) is 9.26. The molecule has 1 N–H and O–H groups in total. The van der Waals surface area contributed by atoms with Crippen LogP contribution >= 0.6 is 0 Å². The first-order valence-electron chi connectivity index (χ1n) is 12.4. The van der Waals surface area contributed by atoms with Gasteiger partial charge in [-0.25, -0.2) is 21.6 Å². The van der Waals surface area contributed by atoms with E-state index in [0.717, 1.165) is 12.7 Å². The number of piperazine rings is 1. The van der Waals surface area contributed by atoms with Crippen LogP contribution < -0.4 is 4.72 Å². The van der Waals surface area contributed by atoms with Crippen LogP contribution in [0.25, 0.3) is 0 Å². The van der Waals surface area contributed by atoms with E-state index < -0.39 is 42.8 Å². The molecule has 2 aliphatic carbocycles. The molecule has 1 aromatic rings. The van der Waals surface area contributed by atoms with Crippen molar-refractivity contribution >= 4 is 31.7 Å². The summed E-state index contributed by atoms with van der Waals surface area (Å²) in [4.78, 5) is 28.0. The molecule has 202 valence electrons. The van der Waals surface area contributed by atoms with Gasteiger partial charge in [-0.2, -0.15) is 9.57 Å². The van der Waals surface area contributed by atoms with Crippen molar-refractivity contribution in [2.75, 3.05) is 38.2 Å². The summed E-state index contributed by atoms with van der Waals surface area (Å²) < 4.78 is 54.7. The minimum Gasteiger partial charge on any atom is -0.339 e. The van der Waals surface area contributed by atoms with Crippen LogP contribution in [0.15, 0.2) is 24.3 Å². The summed E-state index contributed by atoms with van der Waals surface area (Å²) in [6.07, 6.45) is 2.84. The second-order valence-corrected chi connectivity index (χ2v) is 14.8. The molecule has 2 saturated carbocycles. The zero-order valence-corrected chi connectivity index (χ0v) is 23.1. The number of carbonyl (C=O) groups is 2. The van der Waals surface area contributed by atoms with Crippen molar-refractivity contribution in [1.82, 2.24) is 13.9 Å². The first kappa shape index (κ1) is 27.7. The summed E-state index contributed by atoms with van der Waals surface area (Å²) in [7, 11) is -7.45. The van der Waals surface area contributed by atoms with Gasteiger partial charge in [-0.05, 0) is 48.3 Å². The Labute approximate surface area is 219 Å². The van der Waals surface area contributed by atoms with Gasteiger partial charge in [-0.1, -0.05) is 26.0 Å². The second-order valence-electron chi connectivity index (χ2n) is 11.1. The molecule has 3 fully saturated rings. The normalized spacial score (nSPS) is 26.7. The quantitative estimate of drug-likeness (QED) is 0.506. The molecule has 37 heavy (non-hydrogen) atoms. The number of hydrogen-bond donors (Lipinski definition) is 1. The Bertz CT molecular complexity index is 1340. The highest BCUT2D eigenvalue weighted by atomic mass is 32.2. The Hall–Kier alpha value is -2.33. The van der Waals surface area contributed by atoms with E-state index >= 15 is 0 Å². The molecule has 0 aromatic heterocycles. The molecule has 4 rings (SSSR count). The van der Waals surface area contributed by atoms with Gasteiger partial charge in [0.2, 0.25) is 26.0 Å².